The van der Waals surface area contributed by atoms with Crippen LogP contribution in [0, 0.1) is 0 Å². The van der Waals surface area contributed by atoms with E-state index < -0.39 is 0 Å². The summed E-state index contributed by atoms with van der Waals surface area (Å²) in [6, 6.07) is 17.8. The Morgan fingerprint density at radius 2 is 1.88 bits per heavy atom. The number of benzene rings is 2. The van der Waals surface area contributed by atoms with Crippen molar-refractivity contribution in [3.05, 3.63) is 82.7 Å². The van der Waals surface area contributed by atoms with Crippen molar-refractivity contribution in [1.29, 1.82) is 0 Å². The SMILES string of the molecule is CCNc1conc1C1CCc2cc(CCc3ccccc3)ccc2C1. The van der Waals surface area contributed by atoms with Gasteiger partial charge in [-0.2, -0.15) is 0 Å². The number of hydrogen-bond acceptors (Lipinski definition) is 3. The van der Waals surface area contributed by atoms with E-state index in [4.69, 9.17) is 4.52 Å². The van der Waals surface area contributed by atoms with Crippen molar-refractivity contribution in [2.45, 2.75) is 44.9 Å². The van der Waals surface area contributed by atoms with Gasteiger partial charge in [0.05, 0.1) is 5.69 Å². The Hall–Kier alpha value is -2.55. The summed E-state index contributed by atoms with van der Waals surface area (Å²) in [4.78, 5) is 0. The van der Waals surface area contributed by atoms with Gasteiger partial charge in [0.1, 0.15) is 12.0 Å². The number of rotatable bonds is 6. The number of nitrogens with one attached hydrogen (secondary N) is 1. The third-order valence-corrected chi connectivity index (χ3v) is 5.40. The highest BCUT2D eigenvalue weighted by atomic mass is 16.5. The first-order valence-electron chi connectivity index (χ1n) is 9.66. The standard InChI is InChI=1S/C23H26N2O/c1-2-24-22-16-26-25-23(22)21-13-12-19-14-18(10-11-20(19)15-21)9-8-17-6-4-3-5-7-17/h3-7,10-11,14,16,21,24H,2,8-9,12-13,15H2,1H3. The molecule has 26 heavy (non-hydrogen) atoms. The van der Waals surface area contributed by atoms with E-state index in [9.17, 15) is 0 Å². The van der Waals surface area contributed by atoms with Crippen LogP contribution < -0.4 is 5.32 Å². The van der Waals surface area contributed by atoms with Gasteiger partial charge < -0.3 is 9.84 Å². The Morgan fingerprint density at radius 3 is 2.73 bits per heavy atom. The van der Waals surface area contributed by atoms with Crippen LogP contribution in [0.5, 0.6) is 0 Å². The lowest BCUT2D eigenvalue weighted by Gasteiger charge is -2.24. The minimum Gasteiger partial charge on any atom is -0.381 e. The topological polar surface area (TPSA) is 38.1 Å². The van der Waals surface area contributed by atoms with E-state index in [0.717, 1.165) is 50.0 Å². The normalized spacial score (nSPS) is 16.3. The van der Waals surface area contributed by atoms with Crippen molar-refractivity contribution in [3.63, 3.8) is 0 Å². The van der Waals surface area contributed by atoms with Gasteiger partial charge in [0.2, 0.25) is 0 Å². The molecular weight excluding hydrogens is 320 g/mol. The molecule has 0 saturated heterocycles. The van der Waals surface area contributed by atoms with Crippen molar-refractivity contribution < 1.29 is 4.52 Å². The first-order valence-corrected chi connectivity index (χ1v) is 9.66. The molecule has 0 aliphatic heterocycles. The van der Waals surface area contributed by atoms with Crippen LogP contribution in [0.25, 0.3) is 0 Å². The molecule has 4 rings (SSSR count). The monoisotopic (exact) mass is 346 g/mol. The third-order valence-electron chi connectivity index (χ3n) is 5.40. The second-order valence-electron chi connectivity index (χ2n) is 7.17. The van der Waals surface area contributed by atoms with Crippen LogP contribution in [0.15, 0.2) is 59.3 Å². The fourth-order valence-electron chi connectivity index (χ4n) is 3.99. The van der Waals surface area contributed by atoms with Crippen molar-refractivity contribution in [3.8, 4) is 0 Å². The van der Waals surface area contributed by atoms with E-state index >= 15 is 0 Å². The minimum absolute atomic E-state index is 0.450. The number of nitrogens with zero attached hydrogens (tertiary/aromatic N) is 1. The van der Waals surface area contributed by atoms with Crippen LogP contribution in [0.3, 0.4) is 0 Å². The van der Waals surface area contributed by atoms with Gasteiger partial charge in [-0.3, -0.25) is 0 Å². The smallest absolute Gasteiger partial charge is 0.147 e. The van der Waals surface area contributed by atoms with Crippen molar-refractivity contribution in [1.82, 2.24) is 5.16 Å². The maximum absolute atomic E-state index is 5.22. The molecule has 2 aromatic carbocycles. The highest BCUT2D eigenvalue weighted by Gasteiger charge is 2.25. The highest BCUT2D eigenvalue weighted by molar-refractivity contribution is 5.48. The summed E-state index contributed by atoms with van der Waals surface area (Å²) in [6.07, 6.45) is 7.26. The fourth-order valence-corrected chi connectivity index (χ4v) is 3.99. The second-order valence-corrected chi connectivity index (χ2v) is 7.17. The van der Waals surface area contributed by atoms with Crippen molar-refractivity contribution in [2.75, 3.05) is 11.9 Å². The number of anilines is 1. The molecule has 1 heterocycles. The van der Waals surface area contributed by atoms with Gasteiger partial charge in [-0.1, -0.05) is 53.7 Å². The van der Waals surface area contributed by atoms with Crippen molar-refractivity contribution >= 4 is 5.69 Å². The molecule has 1 aliphatic rings. The van der Waals surface area contributed by atoms with Gasteiger partial charge in [0, 0.05) is 12.5 Å². The second kappa shape index (κ2) is 7.77. The van der Waals surface area contributed by atoms with Crippen LogP contribution in [-0.4, -0.2) is 11.7 Å². The molecular formula is C23H26N2O. The van der Waals surface area contributed by atoms with Crippen LogP contribution in [0.2, 0.25) is 0 Å². The summed E-state index contributed by atoms with van der Waals surface area (Å²) in [5, 5.41) is 7.64. The molecule has 1 N–H and O–H groups in total. The molecule has 134 valence electrons. The molecule has 1 aromatic heterocycles. The van der Waals surface area contributed by atoms with Gasteiger partial charge in [-0.05, 0) is 61.3 Å². The van der Waals surface area contributed by atoms with Gasteiger partial charge in [0.15, 0.2) is 0 Å². The maximum atomic E-state index is 5.22. The molecule has 3 aromatic rings. The lowest BCUT2D eigenvalue weighted by molar-refractivity contribution is 0.399. The lowest BCUT2D eigenvalue weighted by atomic mass is 9.81. The summed E-state index contributed by atoms with van der Waals surface area (Å²) < 4.78 is 5.22. The summed E-state index contributed by atoms with van der Waals surface area (Å²) in [7, 11) is 0. The predicted molar refractivity (Wildman–Crippen MR) is 106 cm³/mol. The number of aryl methyl sites for hydroxylation is 3. The van der Waals surface area contributed by atoms with Gasteiger partial charge in [-0.15, -0.1) is 0 Å². The molecule has 0 bridgehead atoms. The zero-order valence-corrected chi connectivity index (χ0v) is 15.4. The Bertz CT molecular complexity index is 854. The Labute approximate surface area is 155 Å². The summed E-state index contributed by atoms with van der Waals surface area (Å²) in [5.41, 5.74) is 7.98. The first-order chi connectivity index (χ1) is 12.8. The average Bonchev–Trinajstić information content (AvgIpc) is 3.15. The summed E-state index contributed by atoms with van der Waals surface area (Å²) in [5.74, 6) is 0.450. The molecule has 1 atom stereocenters. The van der Waals surface area contributed by atoms with Crippen LogP contribution in [0.1, 0.15) is 47.2 Å². The van der Waals surface area contributed by atoms with Crippen LogP contribution >= 0.6 is 0 Å². The molecule has 0 fully saturated rings. The van der Waals surface area contributed by atoms with E-state index in [2.05, 4.69) is 65.9 Å². The fraction of sp³-hybridized carbons (Fsp3) is 0.348. The molecule has 0 amide bonds. The Balaban J connectivity index is 1.44. The molecule has 0 radical (unpaired) electrons. The zero-order chi connectivity index (χ0) is 17.8. The van der Waals surface area contributed by atoms with E-state index in [1.165, 1.54) is 22.3 Å². The Kier molecular flexibility index (Phi) is 5.05. The molecule has 3 heteroatoms. The van der Waals surface area contributed by atoms with E-state index in [1.807, 2.05) is 0 Å². The third kappa shape index (κ3) is 3.67. The van der Waals surface area contributed by atoms with Gasteiger partial charge in [0.25, 0.3) is 0 Å². The van der Waals surface area contributed by atoms with E-state index in [-0.39, 0.29) is 0 Å². The van der Waals surface area contributed by atoms with Crippen LogP contribution in [-0.2, 0) is 25.7 Å². The van der Waals surface area contributed by atoms with E-state index in [1.54, 1.807) is 6.26 Å². The number of fused-ring (bicyclic) bond motifs is 1. The molecule has 1 aliphatic carbocycles. The van der Waals surface area contributed by atoms with E-state index in [0.29, 0.717) is 5.92 Å². The largest absolute Gasteiger partial charge is 0.381 e. The Morgan fingerprint density at radius 1 is 1.04 bits per heavy atom. The predicted octanol–water partition coefficient (Wildman–Crippen LogP) is 5.16. The molecule has 3 nitrogen and oxygen atoms in total. The molecule has 0 spiro atoms. The van der Waals surface area contributed by atoms with Crippen molar-refractivity contribution in [2.24, 2.45) is 0 Å². The average molecular weight is 346 g/mol. The van der Waals surface area contributed by atoms with Gasteiger partial charge in [-0.25, -0.2) is 0 Å². The first kappa shape index (κ1) is 16.9. The quantitative estimate of drug-likeness (QED) is 0.669. The van der Waals surface area contributed by atoms with Gasteiger partial charge >= 0.3 is 0 Å². The van der Waals surface area contributed by atoms with Crippen LogP contribution in [0.4, 0.5) is 5.69 Å². The lowest BCUT2D eigenvalue weighted by Crippen LogP contribution is -2.15. The number of aromatic nitrogens is 1. The summed E-state index contributed by atoms with van der Waals surface area (Å²) >= 11 is 0. The highest BCUT2D eigenvalue weighted by Crippen LogP contribution is 2.35. The molecule has 1 unspecified atom stereocenters. The minimum atomic E-state index is 0.450. The maximum Gasteiger partial charge on any atom is 0.147 e. The number of hydrogen-bond donors (Lipinski definition) is 1. The zero-order valence-electron chi connectivity index (χ0n) is 15.4. The molecule has 0 saturated carbocycles. The summed E-state index contributed by atoms with van der Waals surface area (Å²) in [6.45, 7) is 2.99.